The van der Waals surface area contributed by atoms with Gasteiger partial charge in [-0.15, -0.1) is 0 Å². The van der Waals surface area contributed by atoms with Gasteiger partial charge in [0.15, 0.2) is 0 Å². The molecule has 1 aromatic carbocycles. The molecule has 0 aliphatic carbocycles. The molecule has 5 heteroatoms. The van der Waals surface area contributed by atoms with Gasteiger partial charge in [-0.2, -0.15) is 5.26 Å². The van der Waals surface area contributed by atoms with Crippen LogP contribution in [0.3, 0.4) is 0 Å². The van der Waals surface area contributed by atoms with E-state index in [4.69, 9.17) is 11.0 Å². The molecule has 0 heterocycles. The first-order valence-corrected chi connectivity index (χ1v) is 6.01. The monoisotopic (exact) mass is 295 g/mol. The zero-order valence-corrected chi connectivity index (χ0v) is 11.3. The van der Waals surface area contributed by atoms with E-state index in [2.05, 4.69) is 21.2 Å². The van der Waals surface area contributed by atoms with Crippen LogP contribution in [0.5, 0.6) is 0 Å². The van der Waals surface area contributed by atoms with E-state index in [0.29, 0.717) is 11.3 Å². The Balaban J connectivity index is 2.89. The predicted octanol–water partition coefficient (Wildman–Crippen LogP) is 2.24. The van der Waals surface area contributed by atoms with Gasteiger partial charge in [-0.05, 0) is 24.1 Å². The van der Waals surface area contributed by atoms with Crippen molar-refractivity contribution >= 4 is 27.5 Å². The average molecular weight is 296 g/mol. The standard InChI is InChI=1S/C12H14BrN3O/c1-7(2)11(15)12(17)16-10-4-3-9(13)5-8(10)6-14/h3-5,7,11H,15H2,1-2H3,(H,16,17)/t11-/m1/s1. The molecule has 0 unspecified atom stereocenters. The minimum atomic E-state index is -0.579. The number of nitrogens with two attached hydrogens (primary N) is 1. The fraction of sp³-hybridized carbons (Fsp3) is 0.333. The zero-order chi connectivity index (χ0) is 13.0. The van der Waals surface area contributed by atoms with Gasteiger partial charge < -0.3 is 11.1 Å². The van der Waals surface area contributed by atoms with E-state index in [1.807, 2.05) is 19.9 Å². The molecule has 1 aromatic rings. The minimum Gasteiger partial charge on any atom is -0.324 e. The second kappa shape index (κ2) is 5.80. The molecule has 1 rings (SSSR count). The van der Waals surface area contributed by atoms with Gasteiger partial charge in [0.2, 0.25) is 5.91 Å². The van der Waals surface area contributed by atoms with Crippen LogP contribution in [0.1, 0.15) is 19.4 Å². The Bertz CT molecular complexity index is 465. The first-order valence-electron chi connectivity index (χ1n) is 5.21. The molecule has 0 fully saturated rings. The van der Waals surface area contributed by atoms with E-state index >= 15 is 0 Å². The molecule has 0 saturated carbocycles. The van der Waals surface area contributed by atoms with Gasteiger partial charge in [0.05, 0.1) is 17.3 Å². The maximum absolute atomic E-state index is 11.7. The Morgan fingerprint density at radius 1 is 1.53 bits per heavy atom. The van der Waals surface area contributed by atoms with E-state index in [9.17, 15) is 4.79 Å². The molecular formula is C12H14BrN3O. The SMILES string of the molecule is CC(C)[C@@H](N)C(=O)Nc1ccc(Br)cc1C#N. The highest BCUT2D eigenvalue weighted by atomic mass is 79.9. The van der Waals surface area contributed by atoms with Crippen molar-refractivity contribution in [2.45, 2.75) is 19.9 Å². The van der Waals surface area contributed by atoms with Gasteiger partial charge in [-0.25, -0.2) is 0 Å². The number of carbonyl (C=O) groups is 1. The van der Waals surface area contributed by atoms with Crippen LogP contribution in [-0.4, -0.2) is 11.9 Å². The number of hydrogen-bond acceptors (Lipinski definition) is 3. The second-order valence-electron chi connectivity index (χ2n) is 4.06. The molecular weight excluding hydrogens is 282 g/mol. The highest BCUT2D eigenvalue weighted by Crippen LogP contribution is 2.20. The van der Waals surface area contributed by atoms with Crippen molar-refractivity contribution < 1.29 is 4.79 Å². The number of carbonyl (C=O) groups excluding carboxylic acids is 1. The molecule has 4 nitrogen and oxygen atoms in total. The number of amides is 1. The number of benzene rings is 1. The summed E-state index contributed by atoms with van der Waals surface area (Å²) in [5.41, 5.74) is 6.61. The number of nitrogens with zero attached hydrogens (tertiary/aromatic N) is 1. The number of hydrogen-bond donors (Lipinski definition) is 2. The van der Waals surface area contributed by atoms with E-state index in [1.165, 1.54) is 0 Å². The third-order valence-corrected chi connectivity index (χ3v) is 2.87. The Labute approximate surface area is 109 Å². The summed E-state index contributed by atoms with van der Waals surface area (Å²) in [5.74, 6) is -0.227. The lowest BCUT2D eigenvalue weighted by molar-refractivity contribution is -0.118. The maximum Gasteiger partial charge on any atom is 0.241 e. The van der Waals surface area contributed by atoms with Crippen molar-refractivity contribution in [2.75, 3.05) is 5.32 Å². The first kappa shape index (κ1) is 13.7. The molecule has 3 N–H and O–H groups in total. The summed E-state index contributed by atoms with van der Waals surface area (Å²) in [7, 11) is 0. The normalized spacial score (nSPS) is 12.0. The van der Waals surface area contributed by atoms with Crippen molar-refractivity contribution in [3.8, 4) is 6.07 Å². The lowest BCUT2D eigenvalue weighted by Gasteiger charge is -2.15. The largest absolute Gasteiger partial charge is 0.324 e. The highest BCUT2D eigenvalue weighted by molar-refractivity contribution is 9.10. The summed E-state index contributed by atoms with van der Waals surface area (Å²) in [6.45, 7) is 3.74. The van der Waals surface area contributed by atoms with Crippen molar-refractivity contribution in [1.82, 2.24) is 0 Å². The topological polar surface area (TPSA) is 78.9 Å². The first-order chi connectivity index (χ1) is 7.95. The highest BCUT2D eigenvalue weighted by Gasteiger charge is 2.18. The minimum absolute atomic E-state index is 0.0518. The van der Waals surface area contributed by atoms with Gasteiger partial charge in [-0.1, -0.05) is 29.8 Å². The molecule has 0 bridgehead atoms. The maximum atomic E-state index is 11.7. The smallest absolute Gasteiger partial charge is 0.241 e. The third kappa shape index (κ3) is 3.55. The van der Waals surface area contributed by atoms with E-state index < -0.39 is 6.04 Å². The molecule has 0 aromatic heterocycles. The molecule has 1 atom stereocenters. The van der Waals surface area contributed by atoms with Crippen LogP contribution >= 0.6 is 15.9 Å². The second-order valence-corrected chi connectivity index (χ2v) is 4.98. The predicted molar refractivity (Wildman–Crippen MR) is 70.3 cm³/mol. The molecule has 1 amide bonds. The van der Waals surface area contributed by atoms with Crippen LogP contribution in [0.15, 0.2) is 22.7 Å². The number of nitriles is 1. The lowest BCUT2D eigenvalue weighted by atomic mass is 10.0. The molecule has 0 aliphatic heterocycles. The van der Waals surface area contributed by atoms with E-state index in [0.717, 1.165) is 4.47 Å². The fourth-order valence-corrected chi connectivity index (χ4v) is 1.60. The summed E-state index contributed by atoms with van der Waals surface area (Å²) in [4.78, 5) is 11.7. The number of nitrogens with one attached hydrogen (secondary N) is 1. The van der Waals surface area contributed by atoms with E-state index in [1.54, 1.807) is 18.2 Å². The van der Waals surface area contributed by atoms with Gasteiger partial charge in [0.1, 0.15) is 6.07 Å². The van der Waals surface area contributed by atoms with Crippen molar-refractivity contribution in [1.29, 1.82) is 5.26 Å². The summed E-state index contributed by atoms with van der Waals surface area (Å²) in [6, 6.07) is 6.53. The molecule has 0 radical (unpaired) electrons. The summed E-state index contributed by atoms with van der Waals surface area (Å²) < 4.78 is 0.792. The van der Waals surface area contributed by atoms with Crippen LogP contribution in [0.2, 0.25) is 0 Å². The number of rotatable bonds is 3. The Morgan fingerprint density at radius 3 is 2.71 bits per heavy atom. The van der Waals surface area contributed by atoms with Crippen molar-refractivity contribution in [2.24, 2.45) is 11.7 Å². The van der Waals surface area contributed by atoms with Crippen molar-refractivity contribution in [3.05, 3.63) is 28.2 Å². The Hall–Kier alpha value is -1.38. The quantitative estimate of drug-likeness (QED) is 0.897. The summed E-state index contributed by atoms with van der Waals surface area (Å²) in [6.07, 6.45) is 0. The number of halogens is 1. The third-order valence-electron chi connectivity index (χ3n) is 2.38. The number of anilines is 1. The zero-order valence-electron chi connectivity index (χ0n) is 9.70. The average Bonchev–Trinajstić information content (AvgIpc) is 2.30. The molecule has 17 heavy (non-hydrogen) atoms. The van der Waals surface area contributed by atoms with Gasteiger partial charge >= 0.3 is 0 Å². The Morgan fingerprint density at radius 2 is 2.18 bits per heavy atom. The fourth-order valence-electron chi connectivity index (χ4n) is 1.24. The molecule has 0 spiro atoms. The van der Waals surface area contributed by atoms with Crippen LogP contribution in [-0.2, 0) is 4.79 Å². The lowest BCUT2D eigenvalue weighted by Crippen LogP contribution is -2.39. The van der Waals surface area contributed by atoms with Crippen LogP contribution in [0.4, 0.5) is 5.69 Å². The van der Waals surface area contributed by atoms with Crippen LogP contribution in [0, 0.1) is 17.2 Å². The molecule has 0 aliphatic rings. The van der Waals surface area contributed by atoms with Crippen LogP contribution < -0.4 is 11.1 Å². The van der Waals surface area contributed by atoms with Gasteiger partial charge in [0, 0.05) is 4.47 Å². The molecule has 0 saturated heterocycles. The van der Waals surface area contributed by atoms with Gasteiger partial charge in [-0.3, -0.25) is 4.79 Å². The van der Waals surface area contributed by atoms with Crippen molar-refractivity contribution in [3.63, 3.8) is 0 Å². The summed E-state index contributed by atoms with van der Waals surface area (Å²) in [5, 5.41) is 11.6. The van der Waals surface area contributed by atoms with E-state index in [-0.39, 0.29) is 11.8 Å². The Kier molecular flexibility index (Phi) is 4.67. The molecule has 90 valence electrons. The van der Waals surface area contributed by atoms with Gasteiger partial charge in [0.25, 0.3) is 0 Å². The summed E-state index contributed by atoms with van der Waals surface area (Å²) >= 11 is 3.27. The van der Waals surface area contributed by atoms with Crippen LogP contribution in [0.25, 0.3) is 0 Å².